The summed E-state index contributed by atoms with van der Waals surface area (Å²) in [6.45, 7) is 1.74. The molecule has 1 atom stereocenters. The molecule has 3 rings (SSSR count). The Morgan fingerprint density at radius 3 is 2.79 bits per heavy atom. The van der Waals surface area contributed by atoms with Crippen LogP contribution in [0.3, 0.4) is 0 Å². The van der Waals surface area contributed by atoms with Gasteiger partial charge in [0.15, 0.2) is 0 Å². The number of benzene rings is 1. The van der Waals surface area contributed by atoms with Crippen LogP contribution in [0.4, 0.5) is 11.4 Å². The van der Waals surface area contributed by atoms with Crippen LogP contribution in [0, 0.1) is 10.1 Å². The molecule has 0 spiro atoms. The van der Waals surface area contributed by atoms with Gasteiger partial charge in [0.05, 0.1) is 4.92 Å². The van der Waals surface area contributed by atoms with Gasteiger partial charge in [-0.05, 0) is 43.0 Å². The molecule has 6 nitrogen and oxygen atoms in total. The van der Waals surface area contributed by atoms with Gasteiger partial charge in [-0.3, -0.25) is 19.8 Å². The van der Waals surface area contributed by atoms with E-state index in [9.17, 15) is 14.9 Å². The smallest absolute Gasteiger partial charge is 0.269 e. The fourth-order valence-electron chi connectivity index (χ4n) is 3.03. The van der Waals surface area contributed by atoms with E-state index in [1.54, 1.807) is 23.5 Å². The SMILES string of the molecule is O=C(CCN1CCCC1c1cccs1)Nc1ccc([N+](=O)[O-])cc1. The minimum atomic E-state index is -0.455. The highest BCUT2D eigenvalue weighted by atomic mass is 32.1. The fourth-order valence-corrected chi connectivity index (χ4v) is 3.93. The van der Waals surface area contributed by atoms with Crippen molar-refractivity contribution in [3.63, 3.8) is 0 Å². The van der Waals surface area contributed by atoms with Gasteiger partial charge in [0.2, 0.25) is 5.91 Å². The van der Waals surface area contributed by atoms with Gasteiger partial charge < -0.3 is 5.32 Å². The lowest BCUT2D eigenvalue weighted by atomic mass is 10.2. The van der Waals surface area contributed by atoms with Crippen molar-refractivity contribution >= 4 is 28.6 Å². The molecule has 0 bridgehead atoms. The summed E-state index contributed by atoms with van der Waals surface area (Å²) in [5.41, 5.74) is 0.602. The van der Waals surface area contributed by atoms with E-state index in [1.807, 2.05) is 0 Å². The number of hydrogen-bond acceptors (Lipinski definition) is 5. The number of amides is 1. The Balaban J connectivity index is 1.51. The van der Waals surface area contributed by atoms with Crippen molar-refractivity contribution in [2.75, 3.05) is 18.4 Å². The zero-order valence-corrected chi connectivity index (χ0v) is 14.0. The van der Waals surface area contributed by atoms with E-state index in [0.29, 0.717) is 18.2 Å². The average Bonchev–Trinajstić information content (AvgIpc) is 3.24. The Kier molecular flexibility index (Phi) is 5.22. The van der Waals surface area contributed by atoms with Crippen LogP contribution in [0.2, 0.25) is 0 Å². The van der Waals surface area contributed by atoms with Crippen molar-refractivity contribution in [1.82, 2.24) is 4.90 Å². The first-order valence-electron chi connectivity index (χ1n) is 7.95. The standard InChI is InChI=1S/C17H19N3O3S/c21-17(18-13-5-7-14(8-6-13)20(22)23)9-11-19-10-1-3-15(19)16-4-2-12-24-16/h2,4-8,12,15H,1,3,9-11H2,(H,18,21). The second-order valence-electron chi connectivity index (χ2n) is 5.81. The largest absolute Gasteiger partial charge is 0.326 e. The topological polar surface area (TPSA) is 75.5 Å². The van der Waals surface area contributed by atoms with Crippen molar-refractivity contribution in [3.05, 3.63) is 56.8 Å². The Bertz CT molecular complexity index is 700. The van der Waals surface area contributed by atoms with Crippen LogP contribution in [-0.4, -0.2) is 28.8 Å². The predicted molar refractivity (Wildman–Crippen MR) is 94.2 cm³/mol. The molecule has 126 valence electrons. The molecule has 7 heteroatoms. The van der Waals surface area contributed by atoms with Gasteiger partial charge >= 0.3 is 0 Å². The summed E-state index contributed by atoms with van der Waals surface area (Å²) in [6.07, 6.45) is 2.72. The van der Waals surface area contributed by atoms with Gasteiger partial charge in [-0.2, -0.15) is 0 Å². The molecule has 1 aromatic carbocycles. The van der Waals surface area contributed by atoms with Crippen LogP contribution in [-0.2, 0) is 4.79 Å². The maximum absolute atomic E-state index is 12.1. The molecule has 2 heterocycles. The minimum absolute atomic E-state index is 0.0175. The lowest BCUT2D eigenvalue weighted by Crippen LogP contribution is -2.27. The summed E-state index contributed by atoms with van der Waals surface area (Å²) in [7, 11) is 0. The first-order chi connectivity index (χ1) is 11.6. The minimum Gasteiger partial charge on any atom is -0.326 e. The number of nitro benzene ring substituents is 1. The lowest BCUT2D eigenvalue weighted by Gasteiger charge is -2.23. The fraction of sp³-hybridized carbons (Fsp3) is 0.353. The number of carbonyl (C=O) groups excluding carboxylic acids is 1. The molecule has 0 saturated carbocycles. The number of likely N-dealkylation sites (tertiary alicyclic amines) is 1. The molecule has 1 N–H and O–H groups in total. The Labute approximate surface area is 144 Å². The highest BCUT2D eigenvalue weighted by molar-refractivity contribution is 7.10. The third kappa shape index (κ3) is 3.98. The molecule has 2 aromatic rings. The Morgan fingerprint density at radius 1 is 1.33 bits per heavy atom. The van der Waals surface area contributed by atoms with Crippen LogP contribution < -0.4 is 5.32 Å². The maximum atomic E-state index is 12.1. The molecular weight excluding hydrogens is 326 g/mol. The van der Waals surface area contributed by atoms with Crippen LogP contribution in [0.25, 0.3) is 0 Å². The monoisotopic (exact) mass is 345 g/mol. The molecule has 1 aliphatic heterocycles. The summed E-state index contributed by atoms with van der Waals surface area (Å²) in [5, 5.41) is 15.5. The number of thiophene rings is 1. The second kappa shape index (κ2) is 7.55. The zero-order chi connectivity index (χ0) is 16.9. The molecule has 1 unspecified atom stereocenters. The number of non-ortho nitro benzene ring substituents is 1. The number of nitrogens with zero attached hydrogens (tertiary/aromatic N) is 2. The van der Waals surface area contributed by atoms with Gasteiger partial charge in [0, 0.05) is 41.7 Å². The summed E-state index contributed by atoms with van der Waals surface area (Å²) in [4.78, 5) is 26.0. The first-order valence-corrected chi connectivity index (χ1v) is 8.83. The van der Waals surface area contributed by atoms with Crippen LogP contribution in [0.1, 0.15) is 30.2 Å². The van der Waals surface area contributed by atoms with Crippen molar-refractivity contribution in [2.24, 2.45) is 0 Å². The summed E-state index contributed by atoms with van der Waals surface area (Å²) in [6, 6.07) is 10.5. The van der Waals surface area contributed by atoms with Crippen molar-refractivity contribution in [2.45, 2.75) is 25.3 Å². The molecule has 1 aliphatic rings. The normalized spacial score (nSPS) is 17.8. The van der Waals surface area contributed by atoms with Gasteiger partial charge in [0.25, 0.3) is 5.69 Å². The van der Waals surface area contributed by atoms with Crippen LogP contribution in [0.5, 0.6) is 0 Å². The molecule has 1 saturated heterocycles. The Hall–Kier alpha value is -2.25. The third-order valence-electron chi connectivity index (χ3n) is 4.22. The Morgan fingerprint density at radius 2 is 2.12 bits per heavy atom. The van der Waals surface area contributed by atoms with Crippen molar-refractivity contribution in [1.29, 1.82) is 0 Å². The van der Waals surface area contributed by atoms with Crippen LogP contribution in [0.15, 0.2) is 41.8 Å². The molecule has 24 heavy (non-hydrogen) atoms. The molecule has 1 amide bonds. The number of hydrogen-bond donors (Lipinski definition) is 1. The van der Waals surface area contributed by atoms with Gasteiger partial charge in [-0.15, -0.1) is 11.3 Å². The predicted octanol–water partition coefficient (Wildman–Crippen LogP) is 3.82. The van der Waals surface area contributed by atoms with Gasteiger partial charge in [-0.25, -0.2) is 0 Å². The second-order valence-corrected chi connectivity index (χ2v) is 6.79. The summed E-state index contributed by atoms with van der Waals surface area (Å²) >= 11 is 1.77. The van der Waals surface area contributed by atoms with E-state index in [-0.39, 0.29) is 11.6 Å². The van der Waals surface area contributed by atoms with E-state index < -0.39 is 4.92 Å². The molecular formula is C17H19N3O3S. The molecule has 0 aliphatic carbocycles. The van der Waals surface area contributed by atoms with Crippen molar-refractivity contribution < 1.29 is 9.72 Å². The number of nitro groups is 1. The van der Waals surface area contributed by atoms with E-state index in [0.717, 1.165) is 25.9 Å². The van der Waals surface area contributed by atoms with E-state index in [1.165, 1.54) is 17.0 Å². The van der Waals surface area contributed by atoms with E-state index in [4.69, 9.17) is 0 Å². The number of nitrogens with one attached hydrogen (secondary N) is 1. The number of carbonyl (C=O) groups is 1. The number of rotatable bonds is 6. The van der Waals surface area contributed by atoms with Gasteiger partial charge in [-0.1, -0.05) is 6.07 Å². The third-order valence-corrected chi connectivity index (χ3v) is 5.20. The number of anilines is 1. The van der Waals surface area contributed by atoms with E-state index >= 15 is 0 Å². The average molecular weight is 345 g/mol. The zero-order valence-electron chi connectivity index (χ0n) is 13.2. The van der Waals surface area contributed by atoms with E-state index in [2.05, 4.69) is 27.7 Å². The van der Waals surface area contributed by atoms with Crippen LogP contribution >= 0.6 is 11.3 Å². The lowest BCUT2D eigenvalue weighted by molar-refractivity contribution is -0.384. The summed E-state index contributed by atoms with van der Waals surface area (Å²) < 4.78 is 0. The van der Waals surface area contributed by atoms with Gasteiger partial charge in [0.1, 0.15) is 0 Å². The first kappa shape index (κ1) is 16.6. The molecule has 0 radical (unpaired) electrons. The van der Waals surface area contributed by atoms with Crippen molar-refractivity contribution in [3.8, 4) is 0 Å². The maximum Gasteiger partial charge on any atom is 0.269 e. The molecule has 1 aromatic heterocycles. The highest BCUT2D eigenvalue weighted by Crippen LogP contribution is 2.34. The quantitative estimate of drug-likeness (QED) is 0.638. The highest BCUT2D eigenvalue weighted by Gasteiger charge is 2.26. The molecule has 1 fully saturated rings. The summed E-state index contributed by atoms with van der Waals surface area (Å²) in [5.74, 6) is -0.0688.